The first kappa shape index (κ1) is 19.2. The van der Waals surface area contributed by atoms with E-state index in [2.05, 4.69) is 20.8 Å². The van der Waals surface area contributed by atoms with Crippen LogP contribution in [0.5, 0.6) is 5.88 Å². The highest BCUT2D eigenvalue weighted by molar-refractivity contribution is 5.89. The number of halogens is 3. The van der Waals surface area contributed by atoms with Crippen molar-refractivity contribution in [2.24, 2.45) is 0 Å². The zero-order chi connectivity index (χ0) is 20.0. The Bertz CT molecular complexity index is 895. The van der Waals surface area contributed by atoms with Gasteiger partial charge in [-0.1, -0.05) is 0 Å². The summed E-state index contributed by atoms with van der Waals surface area (Å²) in [6, 6.07) is 10.4. The monoisotopic (exact) mass is 392 g/mol. The van der Waals surface area contributed by atoms with Gasteiger partial charge in [0.25, 0.3) is 0 Å². The van der Waals surface area contributed by atoms with Crippen LogP contribution in [0.1, 0.15) is 5.56 Å². The van der Waals surface area contributed by atoms with Crippen molar-refractivity contribution >= 4 is 11.7 Å². The van der Waals surface area contributed by atoms with Crippen LogP contribution in [0.4, 0.5) is 23.7 Å². The molecular formula is C18H15F3N4O3. The van der Waals surface area contributed by atoms with Gasteiger partial charge in [-0.3, -0.25) is 0 Å². The molecule has 0 fully saturated rings. The number of aromatic nitrogens is 2. The highest BCUT2D eigenvalue weighted by Gasteiger charge is 2.29. The number of alkyl halides is 3. The summed E-state index contributed by atoms with van der Waals surface area (Å²) in [6.45, 7) is 0.295. The second kappa shape index (κ2) is 8.42. The highest BCUT2D eigenvalue weighted by atomic mass is 19.4. The smallest absolute Gasteiger partial charge is 0.416 e. The summed E-state index contributed by atoms with van der Waals surface area (Å²) in [5.74, 6) is 0.862. The number of rotatable bonds is 6. The molecule has 0 unspecified atom stereocenters. The topological polar surface area (TPSA) is 89.3 Å². The number of nitrogens with zero attached hydrogens (tertiary/aromatic N) is 2. The van der Waals surface area contributed by atoms with Crippen LogP contribution < -0.4 is 15.4 Å². The van der Waals surface area contributed by atoms with E-state index in [0.717, 1.165) is 12.1 Å². The molecule has 0 bridgehead atoms. The molecule has 10 heteroatoms. The number of urea groups is 1. The number of carbonyl (C=O) groups is 1. The minimum absolute atomic E-state index is 0.134. The van der Waals surface area contributed by atoms with Gasteiger partial charge in [-0.2, -0.15) is 13.2 Å². The van der Waals surface area contributed by atoms with Crippen LogP contribution in [0.25, 0.3) is 11.5 Å². The lowest BCUT2D eigenvalue weighted by Gasteiger charge is -2.10. The predicted octanol–water partition coefficient (Wildman–Crippen LogP) is 3.96. The van der Waals surface area contributed by atoms with Gasteiger partial charge in [0, 0.05) is 11.8 Å². The first-order chi connectivity index (χ1) is 13.4. The first-order valence-electron chi connectivity index (χ1n) is 8.14. The lowest BCUT2D eigenvalue weighted by molar-refractivity contribution is -0.137. The summed E-state index contributed by atoms with van der Waals surface area (Å²) in [5, 5.41) is 12.8. The van der Waals surface area contributed by atoms with Crippen molar-refractivity contribution in [3.05, 3.63) is 60.4 Å². The molecule has 0 aliphatic rings. The van der Waals surface area contributed by atoms with Gasteiger partial charge in [0.05, 0.1) is 18.4 Å². The fourth-order valence-corrected chi connectivity index (χ4v) is 2.19. The van der Waals surface area contributed by atoms with Crippen LogP contribution in [0, 0.1) is 0 Å². The van der Waals surface area contributed by atoms with Crippen LogP contribution in [0.3, 0.4) is 0 Å². The van der Waals surface area contributed by atoms with Crippen LogP contribution in [0.2, 0.25) is 0 Å². The van der Waals surface area contributed by atoms with E-state index in [1.54, 1.807) is 24.3 Å². The van der Waals surface area contributed by atoms with Gasteiger partial charge in [-0.15, -0.1) is 10.2 Å². The molecule has 0 aliphatic carbocycles. The zero-order valence-corrected chi connectivity index (χ0v) is 14.4. The third kappa shape index (κ3) is 5.22. The number of nitrogens with one attached hydrogen (secondary N) is 2. The SMILES string of the molecule is O=C(NCCOc1ccc(-c2ccco2)nn1)Nc1ccc(C(F)(F)F)cc1. The van der Waals surface area contributed by atoms with Crippen molar-refractivity contribution in [2.75, 3.05) is 18.5 Å². The van der Waals surface area contributed by atoms with Gasteiger partial charge >= 0.3 is 12.2 Å². The average molecular weight is 392 g/mol. The number of furan rings is 1. The molecule has 2 heterocycles. The fraction of sp³-hybridized carbons (Fsp3) is 0.167. The summed E-state index contributed by atoms with van der Waals surface area (Å²) in [5.41, 5.74) is 0.0169. The number of anilines is 1. The van der Waals surface area contributed by atoms with Crippen LogP contribution in [0.15, 0.2) is 59.2 Å². The summed E-state index contributed by atoms with van der Waals surface area (Å²) in [7, 11) is 0. The summed E-state index contributed by atoms with van der Waals surface area (Å²) in [6.07, 6.45) is -2.89. The average Bonchev–Trinajstić information content (AvgIpc) is 3.20. The van der Waals surface area contributed by atoms with Crippen LogP contribution in [-0.4, -0.2) is 29.4 Å². The Hall–Kier alpha value is -3.56. The lowest BCUT2D eigenvalue weighted by atomic mass is 10.2. The number of hydrogen-bond donors (Lipinski definition) is 2. The van der Waals surface area contributed by atoms with Gasteiger partial charge in [0.1, 0.15) is 12.3 Å². The Balaban J connectivity index is 1.39. The maximum atomic E-state index is 12.5. The Labute approximate surface area is 157 Å². The second-order valence-electron chi connectivity index (χ2n) is 5.54. The molecule has 3 aromatic rings. The van der Waals surface area contributed by atoms with Gasteiger partial charge in [0.2, 0.25) is 5.88 Å². The van der Waals surface area contributed by atoms with Crippen LogP contribution >= 0.6 is 0 Å². The van der Waals surface area contributed by atoms with Crippen molar-refractivity contribution in [3.8, 4) is 17.3 Å². The largest absolute Gasteiger partial charge is 0.475 e. The summed E-state index contributed by atoms with van der Waals surface area (Å²) < 4.78 is 48.0. The van der Waals surface area contributed by atoms with E-state index in [1.165, 1.54) is 18.4 Å². The molecule has 0 radical (unpaired) electrons. The lowest BCUT2D eigenvalue weighted by Crippen LogP contribution is -2.32. The molecule has 28 heavy (non-hydrogen) atoms. The molecule has 0 aliphatic heterocycles. The predicted molar refractivity (Wildman–Crippen MR) is 93.7 cm³/mol. The molecular weight excluding hydrogens is 377 g/mol. The maximum absolute atomic E-state index is 12.5. The third-order valence-electron chi connectivity index (χ3n) is 3.52. The minimum atomic E-state index is -4.42. The summed E-state index contributed by atoms with van der Waals surface area (Å²) >= 11 is 0. The Morgan fingerprint density at radius 1 is 1.07 bits per heavy atom. The van der Waals surface area contributed by atoms with E-state index < -0.39 is 17.8 Å². The minimum Gasteiger partial charge on any atom is -0.475 e. The molecule has 146 valence electrons. The van der Waals surface area contributed by atoms with E-state index in [0.29, 0.717) is 11.5 Å². The van der Waals surface area contributed by atoms with Crippen molar-refractivity contribution in [1.29, 1.82) is 0 Å². The van der Waals surface area contributed by atoms with E-state index >= 15 is 0 Å². The number of benzene rings is 1. The number of ether oxygens (including phenoxy) is 1. The van der Waals surface area contributed by atoms with Gasteiger partial charge in [-0.05, 0) is 42.5 Å². The van der Waals surface area contributed by atoms with E-state index in [9.17, 15) is 18.0 Å². The molecule has 2 aromatic heterocycles. The number of amides is 2. The Kier molecular flexibility index (Phi) is 5.78. The quantitative estimate of drug-likeness (QED) is 0.620. The van der Waals surface area contributed by atoms with Gasteiger partial charge in [0.15, 0.2) is 5.76 Å². The van der Waals surface area contributed by atoms with E-state index in [1.807, 2.05) is 0 Å². The van der Waals surface area contributed by atoms with Crippen molar-refractivity contribution < 1.29 is 27.1 Å². The molecule has 2 N–H and O–H groups in total. The van der Waals surface area contributed by atoms with E-state index in [-0.39, 0.29) is 24.7 Å². The molecule has 0 saturated heterocycles. The molecule has 0 atom stereocenters. The molecule has 2 amide bonds. The molecule has 0 spiro atoms. The molecule has 1 aromatic carbocycles. The van der Waals surface area contributed by atoms with Crippen molar-refractivity contribution in [1.82, 2.24) is 15.5 Å². The van der Waals surface area contributed by atoms with Crippen LogP contribution in [-0.2, 0) is 6.18 Å². The van der Waals surface area contributed by atoms with Gasteiger partial charge in [-0.25, -0.2) is 4.79 Å². The van der Waals surface area contributed by atoms with Crippen molar-refractivity contribution in [3.63, 3.8) is 0 Å². The fourth-order valence-electron chi connectivity index (χ4n) is 2.19. The maximum Gasteiger partial charge on any atom is 0.416 e. The van der Waals surface area contributed by atoms with Crippen molar-refractivity contribution in [2.45, 2.75) is 6.18 Å². The normalized spacial score (nSPS) is 11.1. The standard InChI is InChI=1S/C18H15F3N4O3/c19-18(20,21)12-3-5-13(6-4-12)23-17(26)22-9-11-28-16-8-7-14(24-25-16)15-2-1-10-27-15/h1-8,10H,9,11H2,(H2,22,23,26). The summed E-state index contributed by atoms with van der Waals surface area (Å²) in [4.78, 5) is 11.7. The molecule has 0 saturated carbocycles. The highest BCUT2D eigenvalue weighted by Crippen LogP contribution is 2.29. The number of hydrogen-bond acceptors (Lipinski definition) is 5. The zero-order valence-electron chi connectivity index (χ0n) is 14.4. The van der Waals surface area contributed by atoms with E-state index in [4.69, 9.17) is 9.15 Å². The second-order valence-corrected chi connectivity index (χ2v) is 5.54. The third-order valence-corrected chi connectivity index (χ3v) is 3.52. The first-order valence-corrected chi connectivity index (χ1v) is 8.14. The Morgan fingerprint density at radius 3 is 2.46 bits per heavy atom. The molecule has 3 rings (SSSR count). The number of carbonyl (C=O) groups excluding carboxylic acids is 1. The van der Waals surface area contributed by atoms with Gasteiger partial charge < -0.3 is 19.8 Å². The molecule has 7 nitrogen and oxygen atoms in total. The Morgan fingerprint density at radius 2 is 1.86 bits per heavy atom.